The topological polar surface area (TPSA) is 12.0 Å². The molecule has 1 atom stereocenters. The third kappa shape index (κ3) is 1.48. The lowest BCUT2D eigenvalue weighted by Gasteiger charge is -2.27. The zero-order chi connectivity index (χ0) is 8.39. The van der Waals surface area contributed by atoms with E-state index in [4.69, 9.17) is 0 Å². The van der Waals surface area contributed by atoms with Gasteiger partial charge in [0.15, 0.2) is 0 Å². The van der Waals surface area contributed by atoms with E-state index in [9.17, 15) is 4.39 Å². The monoisotopic (exact) mass is 165 g/mol. The van der Waals surface area contributed by atoms with Gasteiger partial charge in [-0.05, 0) is 31.0 Å². The van der Waals surface area contributed by atoms with Crippen molar-refractivity contribution in [2.24, 2.45) is 0 Å². The average Bonchev–Trinajstić information content (AvgIpc) is 2.00. The molecule has 1 N–H and O–H groups in total. The van der Waals surface area contributed by atoms with Crippen LogP contribution in [0.1, 0.15) is 12.0 Å². The summed E-state index contributed by atoms with van der Waals surface area (Å²) in [7, 11) is 0. The van der Waals surface area contributed by atoms with E-state index in [-0.39, 0.29) is 5.82 Å². The molecule has 0 aromatic heterocycles. The maximum Gasteiger partial charge on any atom is 0.126 e. The van der Waals surface area contributed by atoms with Gasteiger partial charge >= 0.3 is 0 Å². The van der Waals surface area contributed by atoms with Gasteiger partial charge in [0.1, 0.15) is 5.82 Å². The molecule has 12 heavy (non-hydrogen) atoms. The van der Waals surface area contributed by atoms with Crippen LogP contribution >= 0.6 is 0 Å². The van der Waals surface area contributed by atoms with Gasteiger partial charge in [-0.3, -0.25) is 0 Å². The third-order valence-electron chi connectivity index (χ3n) is 2.35. The number of hydrogen-bond acceptors (Lipinski definition) is 1. The van der Waals surface area contributed by atoms with E-state index in [0.717, 1.165) is 18.5 Å². The highest BCUT2D eigenvalue weighted by Gasteiger charge is 2.17. The lowest BCUT2D eigenvalue weighted by Crippen LogP contribution is -2.44. The third-order valence-corrected chi connectivity index (χ3v) is 2.35. The molecular weight excluding hydrogens is 153 g/mol. The first-order valence-corrected chi connectivity index (χ1v) is 4.33. The van der Waals surface area contributed by atoms with E-state index in [1.54, 1.807) is 6.07 Å². The summed E-state index contributed by atoms with van der Waals surface area (Å²) in [4.78, 5) is 0. The first-order chi connectivity index (χ1) is 5.86. The average molecular weight is 165 g/mol. The molecule has 1 aromatic rings. The summed E-state index contributed by atoms with van der Waals surface area (Å²) >= 11 is 0. The normalized spacial score (nSPS) is 21.9. The van der Waals surface area contributed by atoms with Crippen molar-refractivity contribution in [3.8, 4) is 0 Å². The molecule has 1 nitrogen and oxygen atoms in total. The maximum atomic E-state index is 13.1. The Morgan fingerprint density at radius 3 is 2.75 bits per heavy atom. The molecule has 0 amide bonds. The number of rotatable bonds is 2. The van der Waals surface area contributed by atoms with E-state index in [0.29, 0.717) is 6.04 Å². The molecule has 1 saturated heterocycles. The predicted octanol–water partition coefficient (Wildman–Crippen LogP) is 1.73. The first-order valence-electron chi connectivity index (χ1n) is 4.33. The molecule has 0 bridgehead atoms. The molecule has 1 aliphatic heterocycles. The first kappa shape index (κ1) is 7.74. The Balaban J connectivity index is 2.06. The van der Waals surface area contributed by atoms with Gasteiger partial charge in [-0.1, -0.05) is 18.2 Å². The van der Waals surface area contributed by atoms with Crippen LogP contribution in [0.2, 0.25) is 0 Å². The van der Waals surface area contributed by atoms with Gasteiger partial charge in [-0.2, -0.15) is 0 Å². The van der Waals surface area contributed by atoms with Crippen LogP contribution in [-0.2, 0) is 6.42 Å². The Kier molecular flexibility index (Phi) is 2.09. The summed E-state index contributed by atoms with van der Waals surface area (Å²) in [5, 5.41) is 3.25. The van der Waals surface area contributed by atoms with Crippen molar-refractivity contribution in [2.75, 3.05) is 6.54 Å². The van der Waals surface area contributed by atoms with Crippen LogP contribution in [-0.4, -0.2) is 12.6 Å². The van der Waals surface area contributed by atoms with Crippen LogP contribution in [0.15, 0.2) is 24.3 Å². The van der Waals surface area contributed by atoms with Crippen molar-refractivity contribution >= 4 is 0 Å². The Morgan fingerprint density at radius 2 is 2.17 bits per heavy atom. The Bertz CT molecular complexity index is 268. The second-order valence-electron chi connectivity index (χ2n) is 3.24. The van der Waals surface area contributed by atoms with Gasteiger partial charge < -0.3 is 5.32 Å². The fourth-order valence-corrected chi connectivity index (χ4v) is 1.45. The van der Waals surface area contributed by atoms with Crippen LogP contribution < -0.4 is 5.32 Å². The highest BCUT2D eigenvalue weighted by atomic mass is 19.1. The predicted molar refractivity (Wildman–Crippen MR) is 46.5 cm³/mol. The summed E-state index contributed by atoms with van der Waals surface area (Å²) in [5.41, 5.74) is 0.828. The van der Waals surface area contributed by atoms with Crippen molar-refractivity contribution in [3.05, 3.63) is 35.6 Å². The molecule has 2 heteroatoms. The molecule has 1 aromatic carbocycles. The van der Waals surface area contributed by atoms with Gasteiger partial charge in [0.2, 0.25) is 0 Å². The van der Waals surface area contributed by atoms with Crippen molar-refractivity contribution < 1.29 is 4.39 Å². The summed E-state index contributed by atoms with van der Waals surface area (Å²) in [6, 6.07) is 7.50. The lowest BCUT2D eigenvalue weighted by atomic mass is 9.98. The van der Waals surface area contributed by atoms with Gasteiger partial charge in [-0.25, -0.2) is 4.39 Å². The maximum absolute atomic E-state index is 13.1. The van der Waals surface area contributed by atoms with Gasteiger partial charge in [0.25, 0.3) is 0 Å². The molecule has 64 valence electrons. The number of hydrogen-bond donors (Lipinski definition) is 1. The Morgan fingerprint density at radius 1 is 1.42 bits per heavy atom. The zero-order valence-electron chi connectivity index (χ0n) is 6.89. The van der Waals surface area contributed by atoms with Crippen LogP contribution in [0.25, 0.3) is 0 Å². The molecule has 1 aliphatic rings. The number of benzene rings is 1. The Labute approximate surface area is 71.6 Å². The summed E-state index contributed by atoms with van der Waals surface area (Å²) in [6.07, 6.45) is 2.00. The zero-order valence-corrected chi connectivity index (χ0v) is 6.89. The van der Waals surface area contributed by atoms with Crippen molar-refractivity contribution in [2.45, 2.75) is 18.9 Å². The fraction of sp³-hybridized carbons (Fsp3) is 0.400. The Hall–Kier alpha value is -0.890. The molecule has 2 rings (SSSR count). The molecule has 1 unspecified atom stereocenters. The molecule has 1 heterocycles. The minimum absolute atomic E-state index is 0.0776. The molecule has 0 spiro atoms. The molecule has 0 aliphatic carbocycles. The minimum Gasteiger partial charge on any atom is -0.314 e. The van der Waals surface area contributed by atoms with E-state index in [2.05, 4.69) is 5.32 Å². The second kappa shape index (κ2) is 3.23. The van der Waals surface area contributed by atoms with Crippen LogP contribution in [0, 0.1) is 5.82 Å². The molecular formula is C10H12FN. The molecule has 0 saturated carbocycles. The summed E-state index contributed by atoms with van der Waals surface area (Å²) in [5.74, 6) is -0.0776. The second-order valence-corrected chi connectivity index (χ2v) is 3.24. The quantitative estimate of drug-likeness (QED) is 0.703. The van der Waals surface area contributed by atoms with Crippen molar-refractivity contribution in [3.63, 3.8) is 0 Å². The number of halogens is 1. The summed E-state index contributed by atoms with van der Waals surface area (Å²) < 4.78 is 13.1. The smallest absolute Gasteiger partial charge is 0.126 e. The van der Waals surface area contributed by atoms with E-state index >= 15 is 0 Å². The lowest BCUT2D eigenvalue weighted by molar-refractivity contribution is 0.365. The van der Waals surface area contributed by atoms with E-state index < -0.39 is 0 Å². The largest absolute Gasteiger partial charge is 0.314 e. The highest BCUT2D eigenvalue weighted by molar-refractivity contribution is 5.18. The minimum atomic E-state index is -0.0776. The number of nitrogens with one attached hydrogen (secondary N) is 1. The SMILES string of the molecule is Fc1ccccc1CC1CCN1. The van der Waals surface area contributed by atoms with Crippen molar-refractivity contribution in [1.82, 2.24) is 5.32 Å². The van der Waals surface area contributed by atoms with Crippen LogP contribution in [0.5, 0.6) is 0 Å². The highest BCUT2D eigenvalue weighted by Crippen LogP contribution is 2.13. The fourth-order valence-electron chi connectivity index (χ4n) is 1.45. The van der Waals surface area contributed by atoms with Crippen LogP contribution in [0.4, 0.5) is 4.39 Å². The van der Waals surface area contributed by atoms with Crippen LogP contribution in [0.3, 0.4) is 0 Å². The molecule has 1 fully saturated rings. The van der Waals surface area contributed by atoms with E-state index in [1.165, 1.54) is 12.5 Å². The van der Waals surface area contributed by atoms with Gasteiger partial charge in [0.05, 0.1) is 0 Å². The van der Waals surface area contributed by atoms with Crippen molar-refractivity contribution in [1.29, 1.82) is 0 Å². The molecule has 0 radical (unpaired) electrons. The van der Waals surface area contributed by atoms with Gasteiger partial charge in [-0.15, -0.1) is 0 Å². The van der Waals surface area contributed by atoms with Gasteiger partial charge in [0, 0.05) is 6.04 Å². The standard InChI is InChI=1S/C10H12FN/c11-10-4-2-1-3-8(10)7-9-5-6-12-9/h1-4,9,12H,5-7H2. The van der Waals surface area contributed by atoms with E-state index in [1.807, 2.05) is 12.1 Å². The summed E-state index contributed by atoms with van der Waals surface area (Å²) in [6.45, 7) is 1.08.